The van der Waals surface area contributed by atoms with Gasteiger partial charge in [-0.05, 0) is 12.1 Å². The maximum atomic E-state index is 8.06. The molecule has 1 aromatic rings. The van der Waals surface area contributed by atoms with E-state index in [4.69, 9.17) is 10.7 Å². The molecule has 0 saturated heterocycles. The highest BCUT2D eigenvalue weighted by molar-refractivity contribution is 5.91. The van der Waals surface area contributed by atoms with Crippen molar-refractivity contribution in [2.75, 3.05) is 0 Å². The topological polar surface area (TPSA) is 69.8 Å². The first kappa shape index (κ1) is 7.22. The summed E-state index contributed by atoms with van der Waals surface area (Å²) in [6.45, 7) is 0. The van der Waals surface area contributed by atoms with Gasteiger partial charge in [0.1, 0.15) is 0 Å². The Morgan fingerprint density at radius 2 is 2.55 bits per heavy atom. The number of nitrogens with zero attached hydrogens (tertiary/aromatic N) is 2. The average molecular weight is 147 g/mol. The van der Waals surface area contributed by atoms with E-state index in [1.54, 1.807) is 18.3 Å². The maximum absolute atomic E-state index is 8.06. The minimum Gasteiger partial charge on any atom is -0.367 e. The quantitative estimate of drug-likeness (QED) is 0.364. The minimum atomic E-state index is -0.180. The molecule has 0 aliphatic carbocycles. The van der Waals surface area contributed by atoms with Crippen molar-refractivity contribution < 1.29 is 4.74 Å². The van der Waals surface area contributed by atoms with Crippen molar-refractivity contribution in [1.29, 1.82) is 10.7 Å². The van der Waals surface area contributed by atoms with E-state index >= 15 is 0 Å². The molecule has 0 fully saturated rings. The van der Waals surface area contributed by atoms with Gasteiger partial charge in [-0.25, -0.2) is 0 Å². The molecule has 0 radical (unpaired) electrons. The second-order valence-electron chi connectivity index (χ2n) is 1.76. The van der Waals surface area contributed by atoms with Gasteiger partial charge in [0.05, 0.1) is 5.56 Å². The van der Waals surface area contributed by atoms with Crippen LogP contribution in [0.15, 0.2) is 24.5 Å². The van der Waals surface area contributed by atoms with Crippen molar-refractivity contribution in [3.05, 3.63) is 30.1 Å². The van der Waals surface area contributed by atoms with Crippen LogP contribution < -0.4 is 0 Å². The maximum Gasteiger partial charge on any atom is 0.293 e. The summed E-state index contributed by atoms with van der Waals surface area (Å²) in [5, 5.41) is 15.2. The fraction of sp³-hybridized carbons (Fsp3) is 0. The summed E-state index contributed by atoms with van der Waals surface area (Å²) in [7, 11) is 0. The number of nitrogens with one attached hydrogen (secondary N) is 1. The van der Waals surface area contributed by atoms with Gasteiger partial charge in [-0.15, -0.1) is 5.26 Å². The van der Waals surface area contributed by atoms with Gasteiger partial charge >= 0.3 is 0 Å². The lowest BCUT2D eigenvalue weighted by molar-refractivity contribution is 0.496. The van der Waals surface area contributed by atoms with E-state index < -0.39 is 0 Å². The molecule has 54 valence electrons. The summed E-state index contributed by atoms with van der Waals surface area (Å²) in [6, 6.07) is 3.32. The summed E-state index contributed by atoms with van der Waals surface area (Å²) in [5.41, 5.74) is 0.494. The second-order valence-corrected chi connectivity index (χ2v) is 1.76. The van der Waals surface area contributed by atoms with E-state index in [0.29, 0.717) is 5.56 Å². The largest absolute Gasteiger partial charge is 0.367 e. The summed E-state index contributed by atoms with van der Waals surface area (Å²) < 4.78 is 4.28. The van der Waals surface area contributed by atoms with Crippen molar-refractivity contribution in [1.82, 2.24) is 4.98 Å². The number of rotatable bonds is 1. The standard InChI is InChI=1S/C7H5N3O/c8-5-11-7(9)6-2-1-3-10-4-6/h1-4,9H. The van der Waals surface area contributed by atoms with Crippen LogP contribution in [-0.4, -0.2) is 10.9 Å². The molecule has 4 nitrogen and oxygen atoms in total. The number of ether oxygens (including phenoxy) is 1. The Morgan fingerprint density at radius 1 is 1.73 bits per heavy atom. The Balaban J connectivity index is 2.79. The SMILES string of the molecule is N#COC(=N)c1cccnc1. The van der Waals surface area contributed by atoms with Crippen molar-refractivity contribution >= 4 is 5.90 Å². The number of aromatic nitrogens is 1. The van der Waals surface area contributed by atoms with Gasteiger partial charge in [0, 0.05) is 12.4 Å². The van der Waals surface area contributed by atoms with Crippen LogP contribution in [0.3, 0.4) is 0 Å². The fourth-order valence-corrected chi connectivity index (χ4v) is 0.602. The van der Waals surface area contributed by atoms with Crippen LogP contribution in [0, 0.1) is 16.9 Å². The molecule has 0 aromatic carbocycles. The molecule has 1 aromatic heterocycles. The van der Waals surface area contributed by atoms with Gasteiger partial charge in [-0.3, -0.25) is 10.4 Å². The third-order valence-electron chi connectivity index (χ3n) is 1.07. The zero-order valence-electron chi connectivity index (χ0n) is 5.61. The first-order valence-corrected chi connectivity index (χ1v) is 2.89. The number of nitriles is 1. The first-order chi connectivity index (χ1) is 5.34. The van der Waals surface area contributed by atoms with Crippen LogP contribution in [-0.2, 0) is 4.74 Å². The summed E-state index contributed by atoms with van der Waals surface area (Å²) in [4.78, 5) is 3.76. The molecule has 11 heavy (non-hydrogen) atoms. The van der Waals surface area contributed by atoms with E-state index in [1.807, 2.05) is 0 Å². The van der Waals surface area contributed by atoms with Crippen LogP contribution in [0.5, 0.6) is 0 Å². The van der Waals surface area contributed by atoms with Gasteiger partial charge in [-0.2, -0.15) is 0 Å². The van der Waals surface area contributed by atoms with E-state index in [-0.39, 0.29) is 5.90 Å². The lowest BCUT2D eigenvalue weighted by Gasteiger charge is -1.95. The number of hydrogen-bond donors (Lipinski definition) is 1. The molecule has 0 saturated carbocycles. The Kier molecular flexibility index (Phi) is 2.18. The fourth-order valence-electron chi connectivity index (χ4n) is 0.602. The number of pyridine rings is 1. The molecular formula is C7H5N3O. The third-order valence-corrected chi connectivity index (χ3v) is 1.07. The predicted octanol–water partition coefficient (Wildman–Crippen LogP) is 0.905. The molecule has 0 amide bonds. The number of hydrogen-bond acceptors (Lipinski definition) is 4. The molecule has 1 heterocycles. The highest BCUT2D eigenvalue weighted by atomic mass is 16.5. The Morgan fingerprint density at radius 3 is 3.09 bits per heavy atom. The molecule has 0 unspecified atom stereocenters. The van der Waals surface area contributed by atoms with Crippen LogP contribution in [0.25, 0.3) is 0 Å². The van der Waals surface area contributed by atoms with Crippen LogP contribution in [0.1, 0.15) is 5.56 Å². The molecule has 0 spiro atoms. The molecular weight excluding hydrogens is 142 g/mol. The summed E-state index contributed by atoms with van der Waals surface area (Å²) in [5.74, 6) is -0.180. The average Bonchev–Trinajstić information content (AvgIpc) is 2.07. The second kappa shape index (κ2) is 3.32. The van der Waals surface area contributed by atoms with Gasteiger partial charge in [0.25, 0.3) is 6.26 Å². The normalized spacial score (nSPS) is 8.27. The summed E-state index contributed by atoms with van der Waals surface area (Å²) in [6.07, 6.45) is 4.46. The van der Waals surface area contributed by atoms with Crippen molar-refractivity contribution in [3.63, 3.8) is 0 Å². The molecule has 1 rings (SSSR count). The molecule has 0 atom stereocenters. The monoisotopic (exact) mass is 147 g/mol. The van der Waals surface area contributed by atoms with Crippen molar-refractivity contribution in [2.24, 2.45) is 0 Å². The Labute approximate surface area is 63.6 Å². The van der Waals surface area contributed by atoms with Crippen LogP contribution in [0.2, 0.25) is 0 Å². The summed E-state index contributed by atoms with van der Waals surface area (Å²) >= 11 is 0. The highest BCUT2D eigenvalue weighted by Gasteiger charge is 1.99. The van der Waals surface area contributed by atoms with E-state index in [9.17, 15) is 0 Å². The Hall–Kier alpha value is -1.89. The van der Waals surface area contributed by atoms with Crippen LogP contribution >= 0.6 is 0 Å². The highest BCUT2D eigenvalue weighted by Crippen LogP contribution is 1.96. The van der Waals surface area contributed by atoms with Gasteiger partial charge in [-0.1, -0.05) is 0 Å². The third kappa shape index (κ3) is 1.76. The Bertz CT molecular complexity index is 288. The van der Waals surface area contributed by atoms with Gasteiger partial charge in [0.15, 0.2) is 0 Å². The molecule has 0 bridgehead atoms. The lowest BCUT2D eigenvalue weighted by atomic mass is 10.3. The van der Waals surface area contributed by atoms with Crippen molar-refractivity contribution in [3.8, 4) is 6.26 Å². The van der Waals surface area contributed by atoms with E-state index in [1.165, 1.54) is 12.5 Å². The van der Waals surface area contributed by atoms with E-state index in [2.05, 4.69) is 9.72 Å². The van der Waals surface area contributed by atoms with E-state index in [0.717, 1.165) is 0 Å². The predicted molar refractivity (Wildman–Crippen MR) is 37.8 cm³/mol. The molecule has 4 heteroatoms. The molecule has 1 N–H and O–H groups in total. The van der Waals surface area contributed by atoms with Gasteiger partial charge < -0.3 is 4.74 Å². The van der Waals surface area contributed by atoms with Crippen molar-refractivity contribution in [2.45, 2.75) is 0 Å². The minimum absolute atomic E-state index is 0.180. The van der Waals surface area contributed by atoms with Gasteiger partial charge in [0.2, 0.25) is 5.90 Å². The zero-order chi connectivity index (χ0) is 8.10. The lowest BCUT2D eigenvalue weighted by Crippen LogP contribution is -2.00. The zero-order valence-corrected chi connectivity index (χ0v) is 5.61. The first-order valence-electron chi connectivity index (χ1n) is 2.89. The molecule has 0 aliphatic rings. The smallest absolute Gasteiger partial charge is 0.293 e. The molecule has 0 aliphatic heterocycles. The van der Waals surface area contributed by atoms with Crippen LogP contribution in [0.4, 0.5) is 0 Å².